The Morgan fingerprint density at radius 2 is 2.10 bits per heavy atom. The van der Waals surface area contributed by atoms with Crippen LogP contribution in [0.4, 0.5) is 10.2 Å². The summed E-state index contributed by atoms with van der Waals surface area (Å²) in [6.45, 7) is 0. The van der Waals surface area contributed by atoms with E-state index in [1.807, 2.05) is 0 Å². The number of nitrogens with zero attached hydrogens (tertiary/aromatic N) is 3. The molecule has 0 aliphatic heterocycles. The summed E-state index contributed by atoms with van der Waals surface area (Å²) in [5, 5.41) is 11.7. The fourth-order valence-corrected chi connectivity index (χ4v) is 3.39. The van der Waals surface area contributed by atoms with Gasteiger partial charge in [0.15, 0.2) is 11.6 Å². The predicted molar refractivity (Wildman–Crippen MR) is 75.2 cm³/mol. The average molecular weight is 349 g/mol. The van der Waals surface area contributed by atoms with Crippen molar-refractivity contribution in [2.75, 3.05) is 4.72 Å². The summed E-state index contributed by atoms with van der Waals surface area (Å²) >= 11 is 11.2. The molecule has 0 unspecified atom stereocenters. The quantitative estimate of drug-likeness (QED) is 0.863. The first-order chi connectivity index (χ1) is 9.77. The number of hydrogen-bond donors (Lipinski definition) is 1. The van der Waals surface area contributed by atoms with Crippen molar-refractivity contribution in [1.29, 1.82) is 5.26 Å². The summed E-state index contributed by atoms with van der Waals surface area (Å²) in [4.78, 5) is -0.490. The smallest absolute Gasteiger partial charge is 0.262 e. The Kier molecular flexibility index (Phi) is 4.09. The molecule has 0 fully saturated rings. The standard InChI is InChI=1S/C11H7Cl2FN4O2S/c1-18-11(6(4-15)5-16-18)17-21(19,20)8-3-2-7(12)10(14)9(8)13/h2-3,5,17H,1H3. The summed E-state index contributed by atoms with van der Waals surface area (Å²) in [6.07, 6.45) is 1.20. The summed E-state index contributed by atoms with van der Waals surface area (Å²) in [7, 11) is -2.75. The number of hydrogen-bond acceptors (Lipinski definition) is 4. The fraction of sp³-hybridized carbons (Fsp3) is 0.0909. The van der Waals surface area contributed by atoms with Crippen molar-refractivity contribution in [2.24, 2.45) is 7.05 Å². The molecule has 0 saturated heterocycles. The van der Waals surface area contributed by atoms with Crippen LogP contribution >= 0.6 is 23.2 Å². The van der Waals surface area contributed by atoms with Crippen LogP contribution in [0.25, 0.3) is 0 Å². The molecule has 6 nitrogen and oxygen atoms in total. The van der Waals surface area contributed by atoms with E-state index >= 15 is 0 Å². The van der Waals surface area contributed by atoms with E-state index in [4.69, 9.17) is 28.5 Å². The lowest BCUT2D eigenvalue weighted by Gasteiger charge is -2.10. The summed E-state index contributed by atoms with van der Waals surface area (Å²) < 4.78 is 41.4. The molecule has 0 amide bonds. The zero-order valence-electron chi connectivity index (χ0n) is 10.4. The van der Waals surface area contributed by atoms with Gasteiger partial charge in [-0.3, -0.25) is 9.40 Å². The number of rotatable bonds is 3. The van der Waals surface area contributed by atoms with Crippen LogP contribution in [-0.2, 0) is 17.1 Å². The van der Waals surface area contributed by atoms with Crippen LogP contribution in [0.1, 0.15) is 5.56 Å². The lowest BCUT2D eigenvalue weighted by molar-refractivity contribution is 0.595. The van der Waals surface area contributed by atoms with E-state index in [0.717, 1.165) is 16.8 Å². The highest BCUT2D eigenvalue weighted by atomic mass is 35.5. The Morgan fingerprint density at radius 1 is 1.43 bits per heavy atom. The van der Waals surface area contributed by atoms with Gasteiger partial charge in [0.25, 0.3) is 10.0 Å². The third kappa shape index (κ3) is 2.81. The minimum Gasteiger partial charge on any atom is -0.262 e. The fourth-order valence-electron chi connectivity index (χ4n) is 1.54. The zero-order valence-corrected chi connectivity index (χ0v) is 12.8. The second-order valence-electron chi connectivity index (χ2n) is 3.92. The molecule has 2 rings (SSSR count). The van der Waals surface area contributed by atoms with E-state index in [-0.39, 0.29) is 16.4 Å². The van der Waals surface area contributed by atoms with Crippen molar-refractivity contribution in [3.8, 4) is 6.07 Å². The number of sulfonamides is 1. The molecular weight excluding hydrogens is 342 g/mol. The van der Waals surface area contributed by atoms with Gasteiger partial charge in [0, 0.05) is 7.05 Å². The molecule has 0 bridgehead atoms. The molecule has 2 aromatic rings. The molecule has 1 heterocycles. The lowest BCUT2D eigenvalue weighted by atomic mass is 10.3. The third-order valence-corrected chi connectivity index (χ3v) is 4.73. The van der Waals surface area contributed by atoms with Gasteiger partial charge < -0.3 is 0 Å². The van der Waals surface area contributed by atoms with Crippen LogP contribution in [-0.4, -0.2) is 18.2 Å². The summed E-state index contributed by atoms with van der Waals surface area (Å²) in [6, 6.07) is 3.93. The zero-order chi connectivity index (χ0) is 15.8. The number of nitriles is 1. The number of anilines is 1. The summed E-state index contributed by atoms with van der Waals surface area (Å²) in [5.74, 6) is -1.09. The molecule has 1 aromatic heterocycles. The molecule has 0 spiro atoms. The normalized spacial score (nSPS) is 11.2. The molecule has 0 atom stereocenters. The van der Waals surface area contributed by atoms with Crippen LogP contribution in [0, 0.1) is 17.1 Å². The van der Waals surface area contributed by atoms with Crippen LogP contribution < -0.4 is 4.72 Å². The van der Waals surface area contributed by atoms with Gasteiger partial charge >= 0.3 is 0 Å². The molecule has 0 aliphatic rings. The van der Waals surface area contributed by atoms with Crippen LogP contribution in [0.2, 0.25) is 10.0 Å². The number of nitrogens with one attached hydrogen (secondary N) is 1. The predicted octanol–water partition coefficient (Wildman–Crippen LogP) is 2.54. The minimum atomic E-state index is -4.20. The van der Waals surface area contributed by atoms with Gasteiger partial charge in [0.1, 0.15) is 16.5 Å². The van der Waals surface area contributed by atoms with Crippen molar-refractivity contribution in [3.05, 3.63) is 39.8 Å². The van der Waals surface area contributed by atoms with Crippen molar-refractivity contribution >= 4 is 39.0 Å². The van der Waals surface area contributed by atoms with Crippen molar-refractivity contribution in [1.82, 2.24) is 9.78 Å². The van der Waals surface area contributed by atoms with Crippen molar-refractivity contribution in [2.45, 2.75) is 4.90 Å². The Bertz CT molecular complexity index is 858. The first-order valence-corrected chi connectivity index (χ1v) is 7.60. The highest BCUT2D eigenvalue weighted by molar-refractivity contribution is 7.92. The maximum Gasteiger partial charge on any atom is 0.264 e. The van der Waals surface area contributed by atoms with E-state index in [0.29, 0.717) is 0 Å². The monoisotopic (exact) mass is 348 g/mol. The van der Waals surface area contributed by atoms with Gasteiger partial charge in [-0.1, -0.05) is 23.2 Å². The van der Waals surface area contributed by atoms with E-state index in [1.165, 1.54) is 13.2 Å². The number of benzene rings is 1. The maximum atomic E-state index is 13.6. The third-order valence-electron chi connectivity index (χ3n) is 2.58. The van der Waals surface area contributed by atoms with Gasteiger partial charge in [-0.15, -0.1) is 0 Å². The first kappa shape index (κ1) is 15.6. The SMILES string of the molecule is Cn1ncc(C#N)c1NS(=O)(=O)c1ccc(Cl)c(F)c1Cl. The Labute approximate surface area is 129 Å². The molecule has 0 saturated carbocycles. The van der Waals surface area contributed by atoms with Gasteiger partial charge in [0.05, 0.1) is 16.2 Å². The molecule has 21 heavy (non-hydrogen) atoms. The highest BCUT2D eigenvalue weighted by Crippen LogP contribution is 2.30. The molecule has 0 aliphatic carbocycles. The number of aromatic nitrogens is 2. The second-order valence-corrected chi connectivity index (χ2v) is 6.36. The van der Waals surface area contributed by atoms with Gasteiger partial charge in [-0.25, -0.2) is 12.8 Å². The first-order valence-electron chi connectivity index (χ1n) is 5.36. The van der Waals surface area contributed by atoms with Gasteiger partial charge in [-0.2, -0.15) is 10.4 Å². The van der Waals surface area contributed by atoms with E-state index < -0.39 is 25.8 Å². The van der Waals surface area contributed by atoms with Crippen molar-refractivity contribution < 1.29 is 12.8 Å². The van der Waals surface area contributed by atoms with Gasteiger partial charge in [-0.05, 0) is 12.1 Å². The van der Waals surface area contributed by atoms with Crippen molar-refractivity contribution in [3.63, 3.8) is 0 Å². The average Bonchev–Trinajstić information content (AvgIpc) is 2.76. The van der Waals surface area contributed by atoms with Crippen LogP contribution in [0.5, 0.6) is 0 Å². The van der Waals surface area contributed by atoms with E-state index in [2.05, 4.69) is 9.82 Å². The Morgan fingerprint density at radius 3 is 2.71 bits per heavy atom. The topological polar surface area (TPSA) is 87.8 Å². The maximum absolute atomic E-state index is 13.6. The van der Waals surface area contributed by atoms with Crippen LogP contribution in [0.15, 0.2) is 23.2 Å². The lowest BCUT2D eigenvalue weighted by Crippen LogP contribution is -2.17. The molecule has 1 N–H and O–H groups in total. The van der Waals surface area contributed by atoms with E-state index in [9.17, 15) is 12.8 Å². The summed E-state index contributed by atoms with van der Waals surface area (Å²) in [5.41, 5.74) is 0.0200. The highest BCUT2D eigenvalue weighted by Gasteiger charge is 2.24. The molecule has 1 aromatic carbocycles. The molecule has 0 radical (unpaired) electrons. The largest absolute Gasteiger partial charge is 0.264 e. The minimum absolute atomic E-state index is 0.0200. The number of aryl methyl sites for hydroxylation is 1. The molecule has 10 heteroatoms. The molecule has 110 valence electrons. The molecular formula is C11H7Cl2FN4O2S. The van der Waals surface area contributed by atoms with Gasteiger partial charge in [0.2, 0.25) is 0 Å². The number of halogens is 3. The Balaban J connectivity index is 2.52. The van der Waals surface area contributed by atoms with E-state index in [1.54, 1.807) is 6.07 Å². The second kappa shape index (κ2) is 5.52. The van der Waals surface area contributed by atoms with Crippen LogP contribution in [0.3, 0.4) is 0 Å². The Hall–Kier alpha value is -1.82.